The molecule has 5 heteroatoms. The summed E-state index contributed by atoms with van der Waals surface area (Å²) in [5, 5.41) is 19.0. The third-order valence-corrected chi connectivity index (χ3v) is 4.25. The van der Waals surface area contributed by atoms with E-state index in [1.54, 1.807) is 23.9 Å². The molecule has 19 heavy (non-hydrogen) atoms. The fourth-order valence-electron chi connectivity index (χ4n) is 2.25. The summed E-state index contributed by atoms with van der Waals surface area (Å²) in [7, 11) is 0. The zero-order valence-corrected chi connectivity index (χ0v) is 12.0. The van der Waals surface area contributed by atoms with Gasteiger partial charge >= 0.3 is 0 Å². The minimum atomic E-state index is -0.123. The van der Waals surface area contributed by atoms with Crippen molar-refractivity contribution in [3.63, 3.8) is 0 Å². The van der Waals surface area contributed by atoms with Gasteiger partial charge in [0.25, 0.3) is 0 Å². The normalized spacial score (nSPS) is 20.1. The van der Waals surface area contributed by atoms with Gasteiger partial charge in [0.2, 0.25) is 5.91 Å². The Labute approximate surface area is 117 Å². The first kappa shape index (κ1) is 14.1. The molecule has 1 atom stereocenters. The van der Waals surface area contributed by atoms with Crippen molar-refractivity contribution in [3.05, 3.63) is 23.8 Å². The number of rotatable bonds is 3. The fourth-order valence-corrected chi connectivity index (χ4v) is 3.48. The molecule has 0 aromatic heterocycles. The number of amides is 1. The van der Waals surface area contributed by atoms with E-state index < -0.39 is 0 Å². The highest BCUT2D eigenvalue weighted by Crippen LogP contribution is 2.40. The molecule has 0 bridgehead atoms. The molecule has 0 radical (unpaired) electrons. The lowest BCUT2D eigenvalue weighted by atomic mass is 10.1. The van der Waals surface area contributed by atoms with Crippen LogP contribution in [0.2, 0.25) is 0 Å². The zero-order valence-electron chi connectivity index (χ0n) is 11.2. The quantitative estimate of drug-likeness (QED) is 0.894. The molecule has 0 aliphatic carbocycles. The van der Waals surface area contributed by atoms with Crippen LogP contribution in [0.4, 0.5) is 0 Å². The van der Waals surface area contributed by atoms with Gasteiger partial charge in [-0.2, -0.15) is 0 Å². The molecule has 4 nitrogen and oxygen atoms in total. The predicted molar refractivity (Wildman–Crippen MR) is 76.1 cm³/mol. The highest BCUT2D eigenvalue weighted by Gasteiger charge is 2.30. The summed E-state index contributed by atoms with van der Waals surface area (Å²) in [6, 6.07) is 4.53. The van der Waals surface area contributed by atoms with Gasteiger partial charge in [0.1, 0.15) is 16.9 Å². The number of carbonyl (C=O) groups is 1. The Bertz CT molecular complexity index is 456. The summed E-state index contributed by atoms with van der Waals surface area (Å²) >= 11 is 1.67. The maximum atomic E-state index is 12.1. The smallest absolute Gasteiger partial charge is 0.224 e. The standard InChI is InChI=1S/C14H19NO3S/c1-9(2)8-15-13(18)3-4-19-14(15)10-5-11(16)7-12(17)6-10/h5-7,9,14,16-17H,3-4,8H2,1-2H3. The lowest BCUT2D eigenvalue weighted by Crippen LogP contribution is -2.39. The van der Waals surface area contributed by atoms with Crippen LogP contribution in [0.1, 0.15) is 31.2 Å². The fraction of sp³-hybridized carbons (Fsp3) is 0.500. The van der Waals surface area contributed by atoms with Gasteiger partial charge in [-0.1, -0.05) is 13.8 Å². The van der Waals surface area contributed by atoms with Gasteiger partial charge in [0.15, 0.2) is 0 Å². The van der Waals surface area contributed by atoms with E-state index in [1.807, 2.05) is 4.90 Å². The molecule has 1 saturated heterocycles. The van der Waals surface area contributed by atoms with Gasteiger partial charge in [-0.05, 0) is 23.6 Å². The number of thioether (sulfide) groups is 1. The Hall–Kier alpha value is -1.36. The summed E-state index contributed by atoms with van der Waals surface area (Å²) in [6.45, 7) is 4.83. The molecule has 1 aromatic rings. The van der Waals surface area contributed by atoms with E-state index in [0.29, 0.717) is 18.9 Å². The predicted octanol–water partition coefficient (Wildman–Crippen LogP) is 2.72. The van der Waals surface area contributed by atoms with Crippen LogP contribution in [-0.4, -0.2) is 33.3 Å². The van der Waals surface area contributed by atoms with Gasteiger partial charge in [-0.3, -0.25) is 4.79 Å². The van der Waals surface area contributed by atoms with Crippen LogP contribution in [0.3, 0.4) is 0 Å². The van der Waals surface area contributed by atoms with Gasteiger partial charge < -0.3 is 15.1 Å². The molecule has 1 heterocycles. The van der Waals surface area contributed by atoms with E-state index in [1.165, 1.54) is 6.07 Å². The van der Waals surface area contributed by atoms with Crippen molar-refractivity contribution >= 4 is 17.7 Å². The lowest BCUT2D eigenvalue weighted by molar-refractivity contribution is -0.132. The van der Waals surface area contributed by atoms with Gasteiger partial charge in [0, 0.05) is 24.8 Å². The molecule has 1 unspecified atom stereocenters. The van der Waals surface area contributed by atoms with Crippen molar-refractivity contribution in [2.45, 2.75) is 25.6 Å². The van der Waals surface area contributed by atoms with E-state index in [4.69, 9.17) is 0 Å². The van der Waals surface area contributed by atoms with Crippen molar-refractivity contribution in [3.8, 4) is 11.5 Å². The first-order valence-corrected chi connectivity index (χ1v) is 7.46. The summed E-state index contributed by atoms with van der Waals surface area (Å²) in [5.74, 6) is 1.35. The minimum Gasteiger partial charge on any atom is -0.508 e. The second-order valence-electron chi connectivity index (χ2n) is 5.20. The average molecular weight is 281 g/mol. The highest BCUT2D eigenvalue weighted by molar-refractivity contribution is 7.99. The van der Waals surface area contributed by atoms with Crippen molar-refractivity contribution in [1.29, 1.82) is 0 Å². The minimum absolute atomic E-state index is 0.0260. The van der Waals surface area contributed by atoms with Crippen molar-refractivity contribution in [2.24, 2.45) is 5.92 Å². The summed E-state index contributed by atoms with van der Waals surface area (Å²) in [5.41, 5.74) is 0.774. The van der Waals surface area contributed by atoms with Crippen LogP contribution < -0.4 is 0 Å². The first-order valence-electron chi connectivity index (χ1n) is 6.41. The van der Waals surface area contributed by atoms with Gasteiger partial charge in [0.05, 0.1) is 0 Å². The Kier molecular flexibility index (Phi) is 4.24. The molecule has 0 spiro atoms. The molecule has 104 valence electrons. The third-order valence-electron chi connectivity index (χ3n) is 2.97. The third kappa shape index (κ3) is 3.35. The van der Waals surface area contributed by atoms with Gasteiger partial charge in [-0.15, -0.1) is 11.8 Å². The Balaban J connectivity index is 2.30. The van der Waals surface area contributed by atoms with Crippen LogP contribution in [0.5, 0.6) is 11.5 Å². The van der Waals surface area contributed by atoms with Crippen molar-refractivity contribution < 1.29 is 15.0 Å². The average Bonchev–Trinajstić information content (AvgIpc) is 2.30. The molecule has 1 aromatic carbocycles. The van der Waals surface area contributed by atoms with Crippen molar-refractivity contribution in [2.75, 3.05) is 12.3 Å². The molecule has 1 amide bonds. The number of benzene rings is 1. The molecule has 2 rings (SSSR count). The Morgan fingerprint density at radius 1 is 1.32 bits per heavy atom. The second-order valence-corrected chi connectivity index (χ2v) is 6.38. The Morgan fingerprint density at radius 3 is 2.53 bits per heavy atom. The molecular weight excluding hydrogens is 262 g/mol. The van der Waals surface area contributed by atoms with Crippen LogP contribution in [-0.2, 0) is 4.79 Å². The van der Waals surface area contributed by atoms with E-state index in [-0.39, 0.29) is 22.8 Å². The van der Waals surface area contributed by atoms with Crippen LogP contribution >= 0.6 is 11.8 Å². The number of hydrogen-bond donors (Lipinski definition) is 2. The molecule has 1 aliphatic rings. The maximum Gasteiger partial charge on any atom is 0.224 e. The number of nitrogens with zero attached hydrogens (tertiary/aromatic N) is 1. The van der Waals surface area contributed by atoms with Crippen LogP contribution in [0, 0.1) is 5.92 Å². The number of phenols is 2. The number of phenolic OH excluding ortho intramolecular Hbond substituents is 2. The largest absolute Gasteiger partial charge is 0.508 e. The van der Waals surface area contributed by atoms with E-state index in [0.717, 1.165) is 11.3 Å². The number of hydrogen-bond acceptors (Lipinski definition) is 4. The lowest BCUT2D eigenvalue weighted by Gasteiger charge is -2.36. The van der Waals surface area contributed by atoms with Crippen molar-refractivity contribution in [1.82, 2.24) is 4.90 Å². The Morgan fingerprint density at radius 2 is 1.95 bits per heavy atom. The summed E-state index contributed by atoms with van der Waals surface area (Å²) in [6.07, 6.45) is 0.554. The van der Waals surface area contributed by atoms with E-state index in [9.17, 15) is 15.0 Å². The molecule has 2 N–H and O–H groups in total. The molecule has 1 fully saturated rings. The molecule has 0 saturated carbocycles. The van der Waals surface area contributed by atoms with Crippen LogP contribution in [0.15, 0.2) is 18.2 Å². The van der Waals surface area contributed by atoms with Crippen LogP contribution in [0.25, 0.3) is 0 Å². The topological polar surface area (TPSA) is 60.8 Å². The van der Waals surface area contributed by atoms with Gasteiger partial charge in [-0.25, -0.2) is 0 Å². The SMILES string of the molecule is CC(C)CN1C(=O)CCSC1c1cc(O)cc(O)c1. The maximum absolute atomic E-state index is 12.1. The summed E-state index contributed by atoms with van der Waals surface area (Å²) < 4.78 is 0. The first-order chi connectivity index (χ1) is 8.97. The monoisotopic (exact) mass is 281 g/mol. The number of aromatic hydroxyl groups is 2. The second kappa shape index (κ2) is 5.74. The van der Waals surface area contributed by atoms with E-state index in [2.05, 4.69) is 13.8 Å². The van der Waals surface area contributed by atoms with E-state index >= 15 is 0 Å². The summed E-state index contributed by atoms with van der Waals surface area (Å²) in [4.78, 5) is 13.9. The highest BCUT2D eigenvalue weighted by atomic mass is 32.2. The zero-order chi connectivity index (χ0) is 14.0. The molecular formula is C14H19NO3S. The number of carbonyl (C=O) groups excluding carboxylic acids is 1. The molecule has 1 aliphatic heterocycles.